The van der Waals surface area contributed by atoms with E-state index >= 15 is 0 Å². The number of nitrogens with zero attached hydrogens (tertiary/aromatic N) is 2. The van der Waals surface area contributed by atoms with Crippen LogP contribution in [0.2, 0.25) is 0 Å². The number of aryl methyl sites for hydroxylation is 2. The van der Waals surface area contributed by atoms with Crippen molar-refractivity contribution in [3.63, 3.8) is 0 Å². The third kappa shape index (κ3) is 4.57. The third-order valence-corrected chi connectivity index (χ3v) is 6.80. The number of anilines is 1. The van der Waals surface area contributed by atoms with Crippen molar-refractivity contribution < 1.29 is 17.6 Å². The largest absolute Gasteiger partial charge is 0.325 e. The quantitative estimate of drug-likeness (QED) is 0.832. The Balaban J connectivity index is 1.70. The molecule has 6 nitrogen and oxygen atoms in total. The molecule has 1 aliphatic heterocycles. The van der Waals surface area contributed by atoms with Gasteiger partial charge in [-0.15, -0.1) is 0 Å². The highest BCUT2D eigenvalue weighted by Crippen LogP contribution is 2.21. The lowest BCUT2D eigenvalue weighted by Crippen LogP contribution is -2.51. The van der Waals surface area contributed by atoms with Crippen molar-refractivity contribution in [1.29, 1.82) is 0 Å². The second-order valence-corrected chi connectivity index (χ2v) is 8.89. The van der Waals surface area contributed by atoms with Crippen molar-refractivity contribution in [3.05, 3.63) is 65.0 Å². The molecular weight excluding hydrogens is 381 g/mol. The highest BCUT2D eigenvalue weighted by atomic mass is 32.2. The first-order chi connectivity index (χ1) is 13.3. The Bertz CT molecular complexity index is 978. The van der Waals surface area contributed by atoms with Crippen LogP contribution in [-0.2, 0) is 21.5 Å². The van der Waals surface area contributed by atoms with Gasteiger partial charge in [0.1, 0.15) is 5.82 Å². The van der Waals surface area contributed by atoms with E-state index in [2.05, 4.69) is 5.32 Å². The van der Waals surface area contributed by atoms with Crippen LogP contribution >= 0.6 is 0 Å². The molecular formula is C20H24FN3O3S. The van der Waals surface area contributed by atoms with Crippen molar-refractivity contribution in [3.8, 4) is 0 Å². The van der Waals surface area contributed by atoms with Crippen LogP contribution in [-0.4, -0.2) is 42.6 Å². The number of halogens is 1. The summed E-state index contributed by atoms with van der Waals surface area (Å²) in [5.41, 5.74) is 3.01. The zero-order chi connectivity index (χ0) is 20.3. The maximum atomic E-state index is 13.4. The Morgan fingerprint density at radius 3 is 2.54 bits per heavy atom. The average Bonchev–Trinajstić information content (AvgIpc) is 2.63. The van der Waals surface area contributed by atoms with Gasteiger partial charge in [0, 0.05) is 25.3 Å². The van der Waals surface area contributed by atoms with Crippen LogP contribution in [0.15, 0.2) is 42.5 Å². The first kappa shape index (κ1) is 20.4. The van der Waals surface area contributed by atoms with Crippen molar-refractivity contribution >= 4 is 21.8 Å². The van der Waals surface area contributed by atoms with E-state index in [4.69, 9.17) is 0 Å². The Morgan fingerprint density at radius 1 is 1.07 bits per heavy atom. The van der Waals surface area contributed by atoms with Crippen molar-refractivity contribution in [1.82, 2.24) is 8.61 Å². The molecule has 28 heavy (non-hydrogen) atoms. The van der Waals surface area contributed by atoms with Crippen LogP contribution in [0, 0.1) is 19.7 Å². The number of rotatable bonds is 5. The van der Waals surface area contributed by atoms with Gasteiger partial charge in [-0.2, -0.15) is 17.0 Å². The summed E-state index contributed by atoms with van der Waals surface area (Å²) in [4.78, 5) is 12.4. The van der Waals surface area contributed by atoms with Crippen LogP contribution in [0.25, 0.3) is 0 Å². The van der Waals surface area contributed by atoms with E-state index in [9.17, 15) is 17.6 Å². The number of benzene rings is 2. The fourth-order valence-electron chi connectivity index (χ4n) is 3.19. The van der Waals surface area contributed by atoms with E-state index in [0.29, 0.717) is 24.2 Å². The molecule has 1 amide bonds. The topological polar surface area (TPSA) is 69.7 Å². The molecule has 0 aromatic heterocycles. The molecule has 0 saturated carbocycles. The molecule has 2 aromatic rings. The molecule has 0 aliphatic carbocycles. The number of carbonyl (C=O) groups is 1. The molecule has 0 atom stereocenters. The lowest BCUT2D eigenvalue weighted by molar-refractivity contribution is -0.116. The highest BCUT2D eigenvalue weighted by molar-refractivity contribution is 7.86. The molecule has 150 valence electrons. The second kappa shape index (κ2) is 8.38. The van der Waals surface area contributed by atoms with E-state index in [1.54, 1.807) is 13.0 Å². The van der Waals surface area contributed by atoms with Gasteiger partial charge < -0.3 is 5.32 Å². The molecule has 1 heterocycles. The minimum atomic E-state index is -3.75. The maximum absolute atomic E-state index is 13.4. The molecule has 8 heteroatoms. The highest BCUT2D eigenvalue weighted by Gasteiger charge is 2.34. The predicted molar refractivity (Wildman–Crippen MR) is 106 cm³/mol. The fraction of sp³-hybridized carbons (Fsp3) is 0.350. The van der Waals surface area contributed by atoms with Gasteiger partial charge in [-0.05, 0) is 49.1 Å². The normalized spacial score (nSPS) is 17.4. The third-order valence-electron chi connectivity index (χ3n) is 4.87. The van der Waals surface area contributed by atoms with Crippen molar-refractivity contribution in [2.45, 2.75) is 26.8 Å². The van der Waals surface area contributed by atoms with E-state index < -0.39 is 21.9 Å². The summed E-state index contributed by atoms with van der Waals surface area (Å²) in [7, 11) is -3.75. The smallest absolute Gasteiger partial charge is 0.282 e. The number of hydrogen-bond acceptors (Lipinski definition) is 3. The van der Waals surface area contributed by atoms with E-state index in [1.807, 2.05) is 31.2 Å². The predicted octanol–water partition coefficient (Wildman–Crippen LogP) is 2.83. The Kier molecular flexibility index (Phi) is 6.12. The lowest BCUT2D eigenvalue weighted by Gasteiger charge is -2.34. The van der Waals surface area contributed by atoms with Gasteiger partial charge in [-0.1, -0.05) is 30.3 Å². The van der Waals surface area contributed by atoms with Gasteiger partial charge in [0.15, 0.2) is 0 Å². The van der Waals surface area contributed by atoms with E-state index in [0.717, 1.165) is 11.1 Å². The summed E-state index contributed by atoms with van der Waals surface area (Å²) >= 11 is 0. The van der Waals surface area contributed by atoms with Gasteiger partial charge in [-0.25, -0.2) is 4.39 Å². The lowest BCUT2D eigenvalue weighted by atomic mass is 10.1. The van der Waals surface area contributed by atoms with Crippen LogP contribution in [0.4, 0.5) is 10.1 Å². The summed E-state index contributed by atoms with van der Waals surface area (Å²) < 4.78 is 41.9. The van der Waals surface area contributed by atoms with Gasteiger partial charge in [0.05, 0.1) is 6.54 Å². The summed E-state index contributed by atoms with van der Waals surface area (Å²) in [5, 5.41) is 2.61. The van der Waals surface area contributed by atoms with Crippen LogP contribution < -0.4 is 5.32 Å². The zero-order valence-corrected chi connectivity index (χ0v) is 16.8. The number of hydrogen-bond donors (Lipinski definition) is 1. The monoisotopic (exact) mass is 405 g/mol. The molecule has 3 rings (SSSR count). The Labute approximate surface area is 165 Å². The molecule has 0 bridgehead atoms. The first-order valence-electron chi connectivity index (χ1n) is 9.13. The van der Waals surface area contributed by atoms with Crippen LogP contribution in [0.3, 0.4) is 0 Å². The van der Waals surface area contributed by atoms with Crippen LogP contribution in [0.1, 0.15) is 23.1 Å². The average molecular weight is 405 g/mol. The van der Waals surface area contributed by atoms with Gasteiger partial charge in [0.2, 0.25) is 5.91 Å². The number of amides is 1. The maximum Gasteiger partial charge on any atom is 0.282 e. The number of carbonyl (C=O) groups excluding carboxylic acids is 1. The van der Waals surface area contributed by atoms with E-state index in [1.165, 1.54) is 20.7 Å². The second-order valence-electron chi connectivity index (χ2n) is 6.96. The zero-order valence-electron chi connectivity index (χ0n) is 16.0. The Hall–Kier alpha value is -2.29. The number of nitrogens with one attached hydrogen (secondary N) is 1. The SMILES string of the molecule is Cc1ccccc1CN1CCCN(CC(=O)Nc2cc(F)ccc2C)S1(=O)=O. The molecule has 1 aliphatic rings. The standard InChI is InChI=1S/C20H24FN3O3S/c1-15-6-3-4-7-17(15)13-23-10-5-11-24(28(23,26)27)14-20(25)22-19-12-18(21)9-8-16(19)2/h3-4,6-9,12H,5,10-11,13-14H2,1-2H3,(H,22,25). The van der Waals surface area contributed by atoms with Crippen LogP contribution in [0.5, 0.6) is 0 Å². The molecule has 1 N–H and O–H groups in total. The fourth-order valence-corrected chi connectivity index (χ4v) is 4.82. The summed E-state index contributed by atoms with van der Waals surface area (Å²) in [6.45, 7) is 4.35. The van der Waals surface area contributed by atoms with E-state index in [-0.39, 0.29) is 19.6 Å². The molecule has 1 fully saturated rings. The summed E-state index contributed by atoms with van der Waals surface area (Å²) in [5.74, 6) is -0.953. The first-order valence-corrected chi connectivity index (χ1v) is 10.5. The molecule has 0 unspecified atom stereocenters. The van der Waals surface area contributed by atoms with Gasteiger partial charge >= 0.3 is 0 Å². The van der Waals surface area contributed by atoms with Gasteiger partial charge in [0.25, 0.3) is 10.2 Å². The van der Waals surface area contributed by atoms with Gasteiger partial charge in [-0.3, -0.25) is 4.79 Å². The molecule has 2 aromatic carbocycles. The minimum absolute atomic E-state index is 0.274. The minimum Gasteiger partial charge on any atom is -0.325 e. The molecule has 0 spiro atoms. The van der Waals surface area contributed by atoms with Crippen molar-refractivity contribution in [2.75, 3.05) is 25.0 Å². The van der Waals surface area contributed by atoms with Crippen molar-refractivity contribution in [2.24, 2.45) is 0 Å². The molecule has 0 radical (unpaired) electrons. The summed E-state index contributed by atoms with van der Waals surface area (Å²) in [6.07, 6.45) is 0.636. The molecule has 1 saturated heterocycles. The summed E-state index contributed by atoms with van der Waals surface area (Å²) in [6, 6.07) is 11.7. The Morgan fingerprint density at radius 2 is 1.79 bits per heavy atom.